The molecule has 1 aromatic heterocycles. The van der Waals surface area contributed by atoms with Crippen molar-refractivity contribution in [3.8, 4) is 0 Å². The summed E-state index contributed by atoms with van der Waals surface area (Å²) in [4.78, 5) is 25.7. The molecule has 1 aromatic carbocycles. The largest absolute Gasteiger partial charge is 0.480 e. The van der Waals surface area contributed by atoms with Crippen LogP contribution in [0.25, 0.3) is 10.9 Å². The van der Waals surface area contributed by atoms with Crippen LogP contribution in [0.5, 0.6) is 0 Å². The van der Waals surface area contributed by atoms with Gasteiger partial charge < -0.3 is 21.1 Å². The van der Waals surface area contributed by atoms with Gasteiger partial charge in [-0.3, -0.25) is 4.79 Å². The summed E-state index contributed by atoms with van der Waals surface area (Å²) < 4.78 is 6.73. The van der Waals surface area contributed by atoms with Gasteiger partial charge in [0.15, 0.2) is 0 Å². The Morgan fingerprint density at radius 2 is 2.26 bits per heavy atom. The number of H-pyrrole nitrogens is 1. The molecule has 1 atom stereocenters. The predicted molar refractivity (Wildman–Crippen MR) is 70.6 cm³/mol. The predicted octanol–water partition coefficient (Wildman–Crippen LogP) is 0.238. The molecule has 0 aliphatic heterocycles. The van der Waals surface area contributed by atoms with Gasteiger partial charge in [0.2, 0.25) is 5.91 Å². The number of amides is 1. The average molecular weight is 262 g/mol. The first-order valence-electron chi connectivity index (χ1n) is 6.33. The number of aromatic nitrogens is 1. The Kier molecular flexibility index (Phi) is 3.42. The van der Waals surface area contributed by atoms with Gasteiger partial charge in [0.25, 0.3) is 0 Å². The van der Waals surface area contributed by atoms with Crippen LogP contribution < -0.4 is 11.0 Å². The summed E-state index contributed by atoms with van der Waals surface area (Å²) in [5.41, 5.74) is 3.69. The maximum atomic E-state index is 11.4. The number of carbonyl (C=O) groups is 2. The number of rotatable bonds is 6. The van der Waals surface area contributed by atoms with Crippen LogP contribution in [0.15, 0.2) is 30.5 Å². The fraction of sp³-hybridized carbons (Fsp3) is 0.231. The molecular formula is C13H15N3O3. The number of fused-ring (bicyclic) bond motifs is 1. The van der Waals surface area contributed by atoms with Crippen molar-refractivity contribution in [3.63, 3.8) is 0 Å². The summed E-state index contributed by atoms with van der Waals surface area (Å²) >= 11 is 0. The van der Waals surface area contributed by atoms with Crippen molar-refractivity contribution in [2.75, 3.05) is 6.54 Å². The SMILES string of the molecule is [2H]NCC(=O)N[C@@H](Cc1c[nH]c2ccccc12)C(=O)O. The number of benzene rings is 1. The Morgan fingerprint density at radius 1 is 1.47 bits per heavy atom. The van der Waals surface area contributed by atoms with Crippen molar-refractivity contribution in [2.45, 2.75) is 12.5 Å². The lowest BCUT2D eigenvalue weighted by molar-refractivity contribution is -0.141. The van der Waals surface area contributed by atoms with Gasteiger partial charge in [0.1, 0.15) is 7.45 Å². The molecule has 19 heavy (non-hydrogen) atoms. The van der Waals surface area contributed by atoms with Crippen LogP contribution in [0, 0.1) is 0 Å². The molecule has 0 unspecified atom stereocenters. The Morgan fingerprint density at radius 3 is 3.00 bits per heavy atom. The Balaban J connectivity index is 2.15. The Hall–Kier alpha value is -2.34. The number of para-hydroxylation sites is 1. The van der Waals surface area contributed by atoms with E-state index in [0.717, 1.165) is 16.5 Å². The van der Waals surface area contributed by atoms with Crippen molar-refractivity contribution >= 4 is 22.8 Å². The van der Waals surface area contributed by atoms with E-state index in [-0.39, 0.29) is 13.0 Å². The Bertz CT molecular complexity index is 626. The number of hydrogen-bond acceptors (Lipinski definition) is 3. The smallest absolute Gasteiger partial charge is 0.326 e. The van der Waals surface area contributed by atoms with Crippen LogP contribution in [-0.4, -0.2) is 34.6 Å². The summed E-state index contributed by atoms with van der Waals surface area (Å²) in [6.07, 6.45) is 1.93. The standard InChI is InChI=1S/C13H15N3O3/c14-6-12(17)16-11(13(18)19)5-8-7-15-10-4-2-1-3-9(8)10/h1-4,7,11,15H,5-6,14H2,(H,16,17)(H,18,19)/t11-/m0/s1/i/hD. The average Bonchev–Trinajstić information content (AvgIpc) is 2.82. The van der Waals surface area contributed by atoms with E-state index in [2.05, 4.69) is 10.3 Å². The van der Waals surface area contributed by atoms with Crippen molar-refractivity contribution in [1.82, 2.24) is 10.3 Å². The molecule has 2 aromatic rings. The van der Waals surface area contributed by atoms with Crippen LogP contribution >= 0.6 is 0 Å². The van der Waals surface area contributed by atoms with Crippen LogP contribution in [0.1, 0.15) is 5.56 Å². The molecule has 1 heterocycles. The second-order valence-corrected chi connectivity index (χ2v) is 4.20. The van der Waals surface area contributed by atoms with Gasteiger partial charge in [-0.05, 0) is 11.6 Å². The molecule has 0 spiro atoms. The molecule has 5 N–H and O–H groups in total. The van der Waals surface area contributed by atoms with Gasteiger partial charge in [-0.15, -0.1) is 0 Å². The highest BCUT2D eigenvalue weighted by Gasteiger charge is 2.21. The van der Waals surface area contributed by atoms with Crippen LogP contribution in [0.2, 0.25) is 1.41 Å². The molecule has 100 valence electrons. The van der Waals surface area contributed by atoms with E-state index in [1.807, 2.05) is 30.0 Å². The second-order valence-electron chi connectivity index (χ2n) is 4.20. The molecular weight excluding hydrogens is 246 g/mol. The van der Waals surface area contributed by atoms with Crippen molar-refractivity contribution in [3.05, 3.63) is 36.0 Å². The van der Waals surface area contributed by atoms with Crippen LogP contribution in [0.4, 0.5) is 0 Å². The van der Waals surface area contributed by atoms with E-state index in [1.54, 1.807) is 6.20 Å². The Labute approximate surface area is 111 Å². The fourth-order valence-electron chi connectivity index (χ4n) is 1.97. The molecule has 2 rings (SSSR count). The van der Waals surface area contributed by atoms with E-state index in [1.165, 1.54) is 0 Å². The van der Waals surface area contributed by atoms with E-state index in [4.69, 9.17) is 6.52 Å². The third-order valence-electron chi connectivity index (χ3n) is 2.89. The first-order valence-corrected chi connectivity index (χ1v) is 5.83. The number of carboxylic acids is 1. The van der Waals surface area contributed by atoms with Gasteiger partial charge in [0, 0.05) is 23.5 Å². The summed E-state index contributed by atoms with van der Waals surface area (Å²) in [5.74, 6) is -1.62. The first-order chi connectivity index (χ1) is 9.61. The molecule has 0 fully saturated rings. The highest BCUT2D eigenvalue weighted by Crippen LogP contribution is 2.19. The van der Waals surface area contributed by atoms with Gasteiger partial charge >= 0.3 is 5.97 Å². The van der Waals surface area contributed by atoms with Crippen molar-refractivity contribution < 1.29 is 16.1 Å². The molecule has 0 saturated heterocycles. The quantitative estimate of drug-likeness (QED) is 0.598. The van der Waals surface area contributed by atoms with Crippen LogP contribution in [-0.2, 0) is 16.0 Å². The van der Waals surface area contributed by atoms with E-state index >= 15 is 0 Å². The molecule has 1 amide bonds. The third kappa shape index (κ3) is 2.92. The molecule has 0 radical (unpaired) electrons. The van der Waals surface area contributed by atoms with E-state index in [0.29, 0.717) is 0 Å². The summed E-state index contributed by atoms with van der Waals surface area (Å²) in [5, 5.41) is 12.5. The lowest BCUT2D eigenvalue weighted by atomic mass is 10.1. The first kappa shape index (κ1) is 11.7. The number of carboxylic acid groups (broad SMARTS) is 1. The summed E-state index contributed by atoms with van der Waals surface area (Å²) in [7, 11) is 0. The third-order valence-corrected chi connectivity index (χ3v) is 2.89. The molecule has 0 bridgehead atoms. The maximum Gasteiger partial charge on any atom is 0.326 e. The topological polar surface area (TPSA) is 108 Å². The number of aromatic amines is 1. The van der Waals surface area contributed by atoms with E-state index in [9.17, 15) is 9.59 Å². The number of aliphatic carboxylic acids is 1. The maximum absolute atomic E-state index is 11.4. The monoisotopic (exact) mass is 262 g/mol. The number of hydrogen-bond donors (Lipinski definition) is 4. The molecule has 6 nitrogen and oxygen atoms in total. The molecule has 0 aliphatic rings. The van der Waals surface area contributed by atoms with Gasteiger partial charge in [0.05, 0.1) is 6.54 Å². The van der Waals surface area contributed by atoms with Gasteiger partial charge in [-0.25, -0.2) is 4.79 Å². The number of nitrogens with two attached hydrogens (primary N) is 1. The summed E-state index contributed by atoms with van der Waals surface area (Å²) in [6, 6.07) is 6.54. The second kappa shape index (κ2) is 5.53. The normalized spacial score (nSPS) is 12.9. The van der Waals surface area contributed by atoms with Gasteiger partial charge in [-0.2, -0.15) is 0 Å². The zero-order chi connectivity index (χ0) is 14.5. The molecule has 0 aliphatic carbocycles. The van der Waals surface area contributed by atoms with Crippen molar-refractivity contribution in [2.24, 2.45) is 5.73 Å². The lowest BCUT2D eigenvalue weighted by Gasteiger charge is -2.13. The fourth-order valence-corrected chi connectivity index (χ4v) is 1.97. The van der Waals surface area contributed by atoms with Gasteiger partial charge in [-0.1, -0.05) is 18.2 Å². The minimum Gasteiger partial charge on any atom is -0.480 e. The minimum atomic E-state index is -1.10. The number of nitrogens with one attached hydrogen (secondary N) is 2. The molecule has 0 saturated carbocycles. The summed E-state index contributed by atoms with van der Waals surface area (Å²) in [6.45, 7) is -0.238. The van der Waals surface area contributed by atoms with E-state index < -0.39 is 17.9 Å². The lowest BCUT2D eigenvalue weighted by Crippen LogP contribution is -2.44. The van der Waals surface area contributed by atoms with Crippen LogP contribution in [0.3, 0.4) is 0 Å². The van der Waals surface area contributed by atoms with Crippen molar-refractivity contribution in [1.29, 1.82) is 0 Å². The zero-order valence-corrected chi connectivity index (χ0v) is 10.1. The minimum absolute atomic E-state index is 0.184. The zero-order valence-electron chi connectivity index (χ0n) is 11.1. The number of carbonyl (C=O) groups excluding carboxylic acids is 1. The molecule has 6 heteroatoms. The highest BCUT2D eigenvalue weighted by atomic mass is 16.4. The highest BCUT2D eigenvalue weighted by molar-refractivity contribution is 5.87.